The fourth-order valence-corrected chi connectivity index (χ4v) is 1.99. The van der Waals surface area contributed by atoms with Gasteiger partial charge in [0.25, 0.3) is 11.2 Å². The van der Waals surface area contributed by atoms with Gasteiger partial charge in [0.15, 0.2) is 0 Å². The second-order valence-corrected chi connectivity index (χ2v) is 4.49. The first-order valence-corrected chi connectivity index (χ1v) is 6.38. The van der Waals surface area contributed by atoms with E-state index in [-0.39, 0.29) is 23.2 Å². The van der Waals surface area contributed by atoms with Gasteiger partial charge in [0.1, 0.15) is 0 Å². The molecule has 0 aliphatic rings. The van der Waals surface area contributed by atoms with Gasteiger partial charge in [-0.2, -0.15) is 0 Å². The smallest absolute Gasteiger partial charge is 0.270 e. The van der Waals surface area contributed by atoms with Crippen molar-refractivity contribution < 1.29 is 10.0 Å². The Morgan fingerprint density at radius 1 is 1.30 bits per heavy atom. The Morgan fingerprint density at radius 3 is 2.80 bits per heavy atom. The van der Waals surface area contributed by atoms with Gasteiger partial charge in [-0.25, -0.2) is 4.98 Å². The molecule has 0 fully saturated rings. The molecule has 1 N–H and O–H groups in total. The van der Waals surface area contributed by atoms with Crippen molar-refractivity contribution in [2.45, 2.75) is 25.8 Å². The van der Waals surface area contributed by atoms with E-state index in [0.29, 0.717) is 18.5 Å². The van der Waals surface area contributed by atoms with E-state index in [2.05, 4.69) is 4.98 Å². The fourth-order valence-electron chi connectivity index (χ4n) is 1.99. The summed E-state index contributed by atoms with van der Waals surface area (Å²) in [5.41, 5.74) is 0.0596. The molecule has 0 amide bonds. The molecule has 1 aromatic carbocycles. The molecule has 0 radical (unpaired) electrons. The number of benzene rings is 1. The van der Waals surface area contributed by atoms with Crippen LogP contribution < -0.4 is 5.56 Å². The van der Waals surface area contributed by atoms with Crippen LogP contribution in [0.1, 0.15) is 19.3 Å². The number of hydrogen-bond acceptors (Lipinski definition) is 5. The first-order chi connectivity index (χ1) is 9.63. The van der Waals surface area contributed by atoms with E-state index in [1.54, 1.807) is 0 Å². The van der Waals surface area contributed by atoms with Crippen molar-refractivity contribution in [3.63, 3.8) is 0 Å². The SMILES string of the molecule is O=c1c2cc([N+](=O)[O-])ccc2ncn1CCCCCO. The summed E-state index contributed by atoms with van der Waals surface area (Å²) < 4.78 is 1.45. The Labute approximate surface area is 114 Å². The maximum absolute atomic E-state index is 12.2. The van der Waals surface area contributed by atoms with E-state index in [9.17, 15) is 14.9 Å². The van der Waals surface area contributed by atoms with Gasteiger partial charge in [0.05, 0.1) is 22.2 Å². The Hall–Kier alpha value is -2.28. The van der Waals surface area contributed by atoms with E-state index >= 15 is 0 Å². The lowest BCUT2D eigenvalue weighted by atomic mass is 10.2. The van der Waals surface area contributed by atoms with Gasteiger partial charge in [-0.3, -0.25) is 19.5 Å². The first-order valence-electron chi connectivity index (χ1n) is 6.38. The predicted octanol–water partition coefficient (Wildman–Crippen LogP) is 1.47. The molecular weight excluding hydrogens is 262 g/mol. The minimum absolute atomic E-state index is 0.116. The van der Waals surface area contributed by atoms with Gasteiger partial charge in [0.2, 0.25) is 0 Å². The highest BCUT2D eigenvalue weighted by molar-refractivity contribution is 5.79. The van der Waals surface area contributed by atoms with Crippen molar-refractivity contribution in [1.82, 2.24) is 9.55 Å². The number of aromatic nitrogens is 2. The van der Waals surface area contributed by atoms with Gasteiger partial charge in [-0.05, 0) is 25.3 Å². The molecule has 0 aliphatic carbocycles. The minimum atomic E-state index is -0.530. The number of aryl methyl sites for hydroxylation is 1. The van der Waals surface area contributed by atoms with E-state index in [1.165, 1.54) is 29.1 Å². The van der Waals surface area contributed by atoms with Crippen LogP contribution in [0.4, 0.5) is 5.69 Å². The quantitative estimate of drug-likeness (QED) is 0.489. The number of aliphatic hydroxyl groups is 1. The zero-order valence-corrected chi connectivity index (χ0v) is 10.9. The lowest BCUT2D eigenvalue weighted by molar-refractivity contribution is -0.384. The second kappa shape index (κ2) is 6.25. The third kappa shape index (κ3) is 3.00. The summed E-state index contributed by atoms with van der Waals surface area (Å²) in [6, 6.07) is 4.07. The van der Waals surface area contributed by atoms with Gasteiger partial charge >= 0.3 is 0 Å². The highest BCUT2D eigenvalue weighted by atomic mass is 16.6. The molecule has 0 atom stereocenters. The summed E-state index contributed by atoms with van der Waals surface area (Å²) in [6.07, 6.45) is 3.72. The van der Waals surface area contributed by atoms with Gasteiger partial charge in [-0.15, -0.1) is 0 Å². The summed E-state index contributed by atoms with van der Waals surface area (Å²) in [4.78, 5) is 26.6. The summed E-state index contributed by atoms with van der Waals surface area (Å²) >= 11 is 0. The molecule has 7 heteroatoms. The van der Waals surface area contributed by atoms with Crippen molar-refractivity contribution in [2.24, 2.45) is 0 Å². The zero-order chi connectivity index (χ0) is 14.5. The number of nitro groups is 1. The maximum atomic E-state index is 12.2. The van der Waals surface area contributed by atoms with Crippen molar-refractivity contribution in [2.75, 3.05) is 6.61 Å². The molecule has 20 heavy (non-hydrogen) atoms. The molecule has 0 unspecified atom stereocenters. The van der Waals surface area contributed by atoms with E-state index < -0.39 is 4.92 Å². The summed E-state index contributed by atoms with van der Waals surface area (Å²) in [5, 5.41) is 19.7. The normalized spacial score (nSPS) is 10.8. The Bertz CT molecular complexity index is 681. The van der Waals surface area contributed by atoms with E-state index in [1.807, 2.05) is 0 Å². The number of rotatable bonds is 6. The van der Waals surface area contributed by atoms with E-state index in [4.69, 9.17) is 5.11 Å². The largest absolute Gasteiger partial charge is 0.396 e. The third-order valence-electron chi connectivity index (χ3n) is 3.08. The molecule has 0 spiro atoms. The Balaban J connectivity index is 2.31. The molecule has 1 aromatic heterocycles. The summed E-state index contributed by atoms with van der Waals surface area (Å²) in [5.74, 6) is 0. The highest BCUT2D eigenvalue weighted by Gasteiger charge is 2.10. The van der Waals surface area contributed by atoms with Crippen molar-refractivity contribution >= 4 is 16.6 Å². The molecule has 0 saturated heterocycles. The molecule has 0 bridgehead atoms. The van der Waals surface area contributed by atoms with Crippen molar-refractivity contribution in [3.8, 4) is 0 Å². The number of fused-ring (bicyclic) bond motifs is 1. The average Bonchev–Trinajstić information content (AvgIpc) is 2.45. The highest BCUT2D eigenvalue weighted by Crippen LogP contribution is 2.16. The van der Waals surface area contributed by atoms with Gasteiger partial charge in [0, 0.05) is 25.3 Å². The standard InChI is InChI=1S/C13H15N3O4/c17-7-3-1-2-6-15-9-14-12-5-4-10(16(19)20)8-11(12)13(15)18/h4-5,8-9,17H,1-3,6-7H2. The van der Waals surface area contributed by atoms with Gasteiger partial charge in [-0.1, -0.05) is 0 Å². The van der Waals surface area contributed by atoms with Crippen LogP contribution in [0, 0.1) is 10.1 Å². The molecular formula is C13H15N3O4. The first kappa shape index (κ1) is 14.1. The molecule has 0 saturated carbocycles. The fraction of sp³-hybridized carbons (Fsp3) is 0.385. The van der Waals surface area contributed by atoms with E-state index in [0.717, 1.165) is 12.8 Å². The second-order valence-electron chi connectivity index (χ2n) is 4.49. The number of hydrogen-bond donors (Lipinski definition) is 1. The third-order valence-corrected chi connectivity index (χ3v) is 3.08. The molecule has 1 heterocycles. The molecule has 2 rings (SSSR count). The topological polar surface area (TPSA) is 98.3 Å². The summed E-state index contributed by atoms with van der Waals surface area (Å²) in [6.45, 7) is 0.627. The number of non-ortho nitro benzene ring substituents is 1. The minimum Gasteiger partial charge on any atom is -0.396 e. The van der Waals surface area contributed by atoms with Crippen molar-refractivity contribution in [1.29, 1.82) is 0 Å². The predicted molar refractivity (Wildman–Crippen MR) is 73.6 cm³/mol. The summed E-state index contributed by atoms with van der Waals surface area (Å²) in [7, 11) is 0. The van der Waals surface area contributed by atoms with Crippen molar-refractivity contribution in [3.05, 3.63) is 45.0 Å². The number of unbranched alkanes of at least 4 members (excludes halogenated alkanes) is 2. The average molecular weight is 277 g/mol. The van der Waals surface area contributed by atoms with Crippen LogP contribution in [0.15, 0.2) is 29.3 Å². The maximum Gasteiger partial charge on any atom is 0.270 e. The Morgan fingerprint density at radius 2 is 2.10 bits per heavy atom. The van der Waals surface area contributed by atoms with Crippen LogP contribution >= 0.6 is 0 Å². The number of nitro benzene ring substituents is 1. The van der Waals surface area contributed by atoms with Crippen LogP contribution in [0.5, 0.6) is 0 Å². The molecule has 7 nitrogen and oxygen atoms in total. The zero-order valence-electron chi connectivity index (χ0n) is 10.9. The molecule has 106 valence electrons. The van der Waals surface area contributed by atoms with Gasteiger partial charge < -0.3 is 5.11 Å². The number of nitrogens with zero attached hydrogens (tertiary/aromatic N) is 3. The number of aliphatic hydroxyl groups excluding tert-OH is 1. The van der Waals surface area contributed by atoms with Crippen LogP contribution in [0.25, 0.3) is 10.9 Å². The molecule has 0 aliphatic heterocycles. The lowest BCUT2D eigenvalue weighted by Crippen LogP contribution is -2.20. The van der Waals surface area contributed by atoms with Crippen LogP contribution in [0.2, 0.25) is 0 Å². The molecule has 2 aromatic rings. The van der Waals surface area contributed by atoms with Crippen LogP contribution in [0.3, 0.4) is 0 Å². The Kier molecular flexibility index (Phi) is 4.41. The van der Waals surface area contributed by atoms with Crippen LogP contribution in [-0.4, -0.2) is 26.2 Å². The van der Waals surface area contributed by atoms with Crippen LogP contribution in [-0.2, 0) is 6.54 Å². The lowest BCUT2D eigenvalue weighted by Gasteiger charge is -2.06. The monoisotopic (exact) mass is 277 g/mol.